The maximum absolute atomic E-state index is 12.7. The fraction of sp³-hybridized carbons (Fsp3) is 0.600. The molecule has 27 heavy (non-hydrogen) atoms. The summed E-state index contributed by atoms with van der Waals surface area (Å²) in [6, 6.07) is 6.87. The minimum Gasteiger partial charge on any atom is -0.494 e. The summed E-state index contributed by atoms with van der Waals surface area (Å²) in [5.41, 5.74) is 5.71. The molecule has 2 amide bonds. The Balaban J connectivity index is 1.37. The molecule has 2 saturated heterocycles. The molecule has 0 spiro atoms. The van der Waals surface area contributed by atoms with Gasteiger partial charge in [-0.1, -0.05) is 0 Å². The lowest BCUT2D eigenvalue weighted by Gasteiger charge is -2.36. The van der Waals surface area contributed by atoms with Crippen molar-refractivity contribution in [1.29, 1.82) is 0 Å². The largest absolute Gasteiger partial charge is 0.494 e. The lowest BCUT2D eigenvalue weighted by molar-refractivity contribution is -0.141. The average molecular weight is 375 g/mol. The van der Waals surface area contributed by atoms with Crippen molar-refractivity contribution in [3.05, 3.63) is 29.8 Å². The van der Waals surface area contributed by atoms with E-state index in [9.17, 15) is 9.59 Å². The van der Waals surface area contributed by atoms with Gasteiger partial charge in [-0.2, -0.15) is 0 Å². The van der Waals surface area contributed by atoms with Crippen molar-refractivity contribution < 1.29 is 19.1 Å². The normalized spacial score (nSPS) is 21.0. The molecule has 3 rings (SSSR count). The van der Waals surface area contributed by atoms with Crippen LogP contribution in [0.2, 0.25) is 0 Å². The Morgan fingerprint density at radius 3 is 2.59 bits per heavy atom. The van der Waals surface area contributed by atoms with Gasteiger partial charge in [0.1, 0.15) is 5.75 Å². The van der Waals surface area contributed by atoms with Crippen molar-refractivity contribution in [2.45, 2.75) is 19.3 Å². The van der Waals surface area contributed by atoms with E-state index in [-0.39, 0.29) is 11.8 Å². The molecule has 2 aliphatic rings. The summed E-state index contributed by atoms with van der Waals surface area (Å²) < 4.78 is 11.1. The zero-order valence-electron chi connectivity index (χ0n) is 15.8. The first-order chi connectivity index (χ1) is 13.1. The number of hydrogen-bond acceptors (Lipinski definition) is 5. The summed E-state index contributed by atoms with van der Waals surface area (Å²) in [6.07, 6.45) is 2.95. The van der Waals surface area contributed by atoms with Gasteiger partial charge in [-0.15, -0.1) is 0 Å². The number of primary amides is 1. The van der Waals surface area contributed by atoms with Crippen LogP contribution >= 0.6 is 0 Å². The molecule has 1 aromatic rings. The fourth-order valence-corrected chi connectivity index (χ4v) is 3.70. The zero-order valence-corrected chi connectivity index (χ0v) is 15.8. The van der Waals surface area contributed by atoms with Crippen LogP contribution < -0.4 is 10.5 Å². The van der Waals surface area contributed by atoms with Crippen molar-refractivity contribution >= 4 is 11.8 Å². The van der Waals surface area contributed by atoms with Crippen LogP contribution in [0.5, 0.6) is 5.75 Å². The van der Waals surface area contributed by atoms with Crippen molar-refractivity contribution in [2.75, 3.05) is 52.5 Å². The molecule has 1 atom stereocenters. The van der Waals surface area contributed by atoms with Crippen molar-refractivity contribution in [2.24, 2.45) is 11.7 Å². The Hall–Kier alpha value is -2.12. The van der Waals surface area contributed by atoms with E-state index in [0.29, 0.717) is 25.4 Å². The maximum atomic E-state index is 12.7. The van der Waals surface area contributed by atoms with Gasteiger partial charge in [-0.05, 0) is 50.1 Å². The van der Waals surface area contributed by atoms with Crippen LogP contribution in [0.15, 0.2) is 24.3 Å². The monoisotopic (exact) mass is 375 g/mol. The first-order valence-corrected chi connectivity index (χ1v) is 9.75. The lowest BCUT2D eigenvalue weighted by atomic mass is 9.96. The number of amides is 2. The first-order valence-electron chi connectivity index (χ1n) is 9.75. The van der Waals surface area contributed by atoms with Gasteiger partial charge in [0.25, 0.3) is 0 Å². The highest BCUT2D eigenvalue weighted by Gasteiger charge is 2.29. The van der Waals surface area contributed by atoms with Gasteiger partial charge >= 0.3 is 0 Å². The van der Waals surface area contributed by atoms with Crippen LogP contribution in [0.1, 0.15) is 29.6 Å². The van der Waals surface area contributed by atoms with Gasteiger partial charge in [0.2, 0.25) is 11.8 Å². The molecule has 148 valence electrons. The average Bonchev–Trinajstić information content (AvgIpc) is 2.72. The van der Waals surface area contributed by atoms with E-state index in [1.807, 2.05) is 4.90 Å². The number of nitrogens with two attached hydrogens (primary N) is 1. The molecule has 0 aliphatic carbocycles. The minimum absolute atomic E-state index is 0.110. The molecule has 0 radical (unpaired) electrons. The number of morpholine rings is 1. The third-order valence-electron chi connectivity index (χ3n) is 5.20. The lowest BCUT2D eigenvalue weighted by Crippen LogP contribution is -2.48. The number of likely N-dealkylation sites (tertiary alicyclic amines) is 1. The number of hydrogen-bond donors (Lipinski definition) is 1. The van der Waals surface area contributed by atoms with Gasteiger partial charge in [-0.3, -0.25) is 9.59 Å². The van der Waals surface area contributed by atoms with E-state index in [1.54, 1.807) is 24.3 Å². The molecule has 2 heterocycles. The fourth-order valence-electron chi connectivity index (χ4n) is 3.70. The quantitative estimate of drug-likeness (QED) is 0.722. The highest BCUT2D eigenvalue weighted by atomic mass is 16.5. The van der Waals surface area contributed by atoms with E-state index in [4.69, 9.17) is 15.2 Å². The van der Waals surface area contributed by atoms with Gasteiger partial charge in [0, 0.05) is 31.7 Å². The molecule has 0 aromatic heterocycles. The molecule has 2 N–H and O–H groups in total. The molecule has 0 unspecified atom stereocenters. The van der Waals surface area contributed by atoms with Crippen molar-refractivity contribution in [3.63, 3.8) is 0 Å². The second-order valence-electron chi connectivity index (χ2n) is 7.17. The van der Waals surface area contributed by atoms with E-state index >= 15 is 0 Å². The van der Waals surface area contributed by atoms with Crippen molar-refractivity contribution in [1.82, 2.24) is 9.80 Å². The standard InChI is InChI=1S/C20H29N3O4/c21-19(24)16-4-6-18(7-5-16)27-12-2-9-22-8-1-3-17(15-22)20(25)23-10-13-26-14-11-23/h4-7,17H,1-3,8-15H2,(H2,21,24)/t17-/m0/s1. The predicted octanol–water partition coefficient (Wildman–Crippen LogP) is 1.13. The molecule has 7 nitrogen and oxygen atoms in total. The second-order valence-corrected chi connectivity index (χ2v) is 7.17. The number of nitrogens with zero attached hydrogens (tertiary/aromatic N) is 2. The molecule has 2 aliphatic heterocycles. The Morgan fingerprint density at radius 1 is 1.15 bits per heavy atom. The van der Waals surface area contributed by atoms with E-state index in [1.165, 1.54) is 0 Å². The van der Waals surface area contributed by atoms with Gasteiger partial charge in [0.15, 0.2) is 0 Å². The Morgan fingerprint density at radius 2 is 1.89 bits per heavy atom. The third kappa shape index (κ3) is 5.68. The summed E-state index contributed by atoms with van der Waals surface area (Å²) in [5.74, 6) is 0.694. The van der Waals surface area contributed by atoms with Crippen LogP contribution in [0.3, 0.4) is 0 Å². The minimum atomic E-state index is -0.437. The summed E-state index contributed by atoms with van der Waals surface area (Å²) in [7, 11) is 0. The highest BCUT2D eigenvalue weighted by Crippen LogP contribution is 2.20. The molecule has 0 bridgehead atoms. The smallest absolute Gasteiger partial charge is 0.248 e. The van der Waals surface area contributed by atoms with E-state index in [0.717, 1.165) is 57.7 Å². The summed E-state index contributed by atoms with van der Waals surface area (Å²) >= 11 is 0. The maximum Gasteiger partial charge on any atom is 0.248 e. The first kappa shape index (κ1) is 19.6. The SMILES string of the molecule is NC(=O)c1ccc(OCCCN2CCC[C@H](C(=O)N3CCOCC3)C2)cc1. The molecule has 2 fully saturated rings. The number of carbonyl (C=O) groups is 2. The number of carbonyl (C=O) groups excluding carboxylic acids is 2. The number of ether oxygens (including phenoxy) is 2. The number of benzene rings is 1. The van der Waals surface area contributed by atoms with E-state index < -0.39 is 5.91 Å². The Labute approximate surface area is 160 Å². The molecule has 0 saturated carbocycles. The van der Waals surface area contributed by atoms with Crippen LogP contribution in [0.4, 0.5) is 0 Å². The number of piperidine rings is 1. The van der Waals surface area contributed by atoms with E-state index in [2.05, 4.69) is 4.90 Å². The topological polar surface area (TPSA) is 85.1 Å². The zero-order chi connectivity index (χ0) is 19.1. The third-order valence-corrected chi connectivity index (χ3v) is 5.20. The second kappa shape index (κ2) is 9.71. The molecular weight excluding hydrogens is 346 g/mol. The summed E-state index contributed by atoms with van der Waals surface area (Å²) in [6.45, 7) is 6.15. The van der Waals surface area contributed by atoms with Gasteiger partial charge in [0.05, 0.1) is 25.7 Å². The Kier molecular flexibility index (Phi) is 7.06. The van der Waals surface area contributed by atoms with Gasteiger partial charge in [-0.25, -0.2) is 0 Å². The summed E-state index contributed by atoms with van der Waals surface area (Å²) in [4.78, 5) is 28.1. The molecular formula is C20H29N3O4. The van der Waals surface area contributed by atoms with Gasteiger partial charge < -0.3 is 25.0 Å². The number of rotatable bonds is 7. The van der Waals surface area contributed by atoms with Crippen LogP contribution in [0.25, 0.3) is 0 Å². The van der Waals surface area contributed by atoms with Crippen LogP contribution in [-0.2, 0) is 9.53 Å². The molecule has 1 aromatic carbocycles. The van der Waals surface area contributed by atoms with Crippen molar-refractivity contribution in [3.8, 4) is 5.75 Å². The Bertz CT molecular complexity index is 629. The highest BCUT2D eigenvalue weighted by molar-refractivity contribution is 5.92. The summed E-state index contributed by atoms with van der Waals surface area (Å²) in [5, 5.41) is 0. The molecule has 7 heteroatoms. The van der Waals surface area contributed by atoms with Crippen LogP contribution in [0, 0.1) is 5.92 Å². The predicted molar refractivity (Wildman–Crippen MR) is 102 cm³/mol. The van der Waals surface area contributed by atoms with Crippen LogP contribution in [-0.4, -0.2) is 74.2 Å².